The maximum atomic E-state index is 13.5. The summed E-state index contributed by atoms with van der Waals surface area (Å²) in [4.78, 5) is 0.936. The van der Waals surface area contributed by atoms with Crippen LogP contribution < -0.4 is 5.32 Å². The number of anilines is 1. The largest absolute Gasteiger partial charge is 0.375 e. The number of nitrogens with one attached hydrogen (secondary N) is 1. The molecule has 0 aliphatic carbocycles. The van der Waals surface area contributed by atoms with Crippen molar-refractivity contribution < 1.29 is 13.2 Å². The second-order valence-corrected chi connectivity index (χ2v) is 5.64. The van der Waals surface area contributed by atoms with Crippen LogP contribution in [0.1, 0.15) is 17.8 Å². The Balaban J connectivity index is 2.24. The van der Waals surface area contributed by atoms with E-state index >= 15 is 0 Å². The average molecular weight is 336 g/mol. The second kappa shape index (κ2) is 5.32. The van der Waals surface area contributed by atoms with E-state index in [1.165, 1.54) is 11.3 Å². The summed E-state index contributed by atoms with van der Waals surface area (Å²) in [6, 6.07) is 3.09. The maximum absolute atomic E-state index is 13.5. The molecule has 0 spiro atoms. The molecular weight excluding hydrogens is 327 g/mol. The van der Waals surface area contributed by atoms with Gasteiger partial charge in [-0.05, 0) is 28.9 Å². The van der Waals surface area contributed by atoms with Crippen molar-refractivity contribution in [1.82, 2.24) is 0 Å². The fourth-order valence-corrected chi connectivity index (χ4v) is 2.97. The van der Waals surface area contributed by atoms with Crippen LogP contribution in [0.5, 0.6) is 0 Å². The van der Waals surface area contributed by atoms with Gasteiger partial charge in [0.1, 0.15) is 5.82 Å². The molecule has 1 N–H and O–H groups in total. The van der Waals surface area contributed by atoms with Crippen LogP contribution in [0, 0.1) is 17.5 Å². The smallest absolute Gasteiger partial charge is 0.182 e. The van der Waals surface area contributed by atoms with Crippen LogP contribution in [0.4, 0.5) is 18.9 Å². The number of halogens is 4. The van der Waals surface area contributed by atoms with E-state index in [0.717, 1.165) is 15.4 Å². The summed E-state index contributed by atoms with van der Waals surface area (Å²) in [5.74, 6) is -3.08. The van der Waals surface area contributed by atoms with Crippen LogP contribution >= 0.6 is 27.3 Å². The molecule has 1 unspecified atom stereocenters. The van der Waals surface area contributed by atoms with Crippen LogP contribution in [0.15, 0.2) is 28.1 Å². The Kier molecular flexibility index (Phi) is 3.97. The molecule has 96 valence electrons. The second-order valence-electron chi connectivity index (χ2n) is 3.78. The van der Waals surface area contributed by atoms with Crippen molar-refractivity contribution in [2.75, 3.05) is 5.32 Å². The van der Waals surface area contributed by atoms with E-state index in [9.17, 15) is 13.2 Å². The molecule has 6 heteroatoms. The van der Waals surface area contributed by atoms with Gasteiger partial charge in [0.15, 0.2) is 11.6 Å². The summed E-state index contributed by atoms with van der Waals surface area (Å²) in [6.07, 6.45) is 0. The van der Waals surface area contributed by atoms with E-state index < -0.39 is 17.5 Å². The minimum Gasteiger partial charge on any atom is -0.375 e. The van der Waals surface area contributed by atoms with E-state index in [0.29, 0.717) is 6.07 Å². The Morgan fingerprint density at radius 3 is 2.56 bits per heavy atom. The van der Waals surface area contributed by atoms with Gasteiger partial charge in [0.05, 0.1) is 11.7 Å². The molecule has 0 radical (unpaired) electrons. The highest BCUT2D eigenvalue weighted by Gasteiger charge is 2.14. The van der Waals surface area contributed by atoms with E-state index in [-0.39, 0.29) is 11.7 Å². The first-order chi connectivity index (χ1) is 8.47. The Hall–Kier alpha value is -1.01. The van der Waals surface area contributed by atoms with Crippen molar-refractivity contribution in [2.24, 2.45) is 0 Å². The molecular formula is C12H9BrF3NS. The summed E-state index contributed by atoms with van der Waals surface area (Å²) < 4.78 is 40.4. The molecule has 1 aromatic carbocycles. The van der Waals surface area contributed by atoms with Crippen molar-refractivity contribution >= 4 is 33.0 Å². The van der Waals surface area contributed by atoms with Gasteiger partial charge in [0, 0.05) is 26.9 Å². The van der Waals surface area contributed by atoms with Gasteiger partial charge >= 0.3 is 0 Å². The van der Waals surface area contributed by atoms with Crippen LogP contribution in [-0.4, -0.2) is 0 Å². The van der Waals surface area contributed by atoms with E-state index in [1.54, 1.807) is 6.92 Å². The lowest BCUT2D eigenvalue weighted by molar-refractivity contribution is 0.496. The molecule has 1 heterocycles. The number of benzene rings is 1. The predicted molar refractivity (Wildman–Crippen MR) is 70.4 cm³/mol. The van der Waals surface area contributed by atoms with Gasteiger partial charge < -0.3 is 5.32 Å². The summed E-state index contributed by atoms with van der Waals surface area (Å²) in [5.41, 5.74) is -0.176. The van der Waals surface area contributed by atoms with Gasteiger partial charge in [-0.2, -0.15) is 0 Å². The monoisotopic (exact) mass is 335 g/mol. The third-order valence-corrected chi connectivity index (χ3v) is 4.26. The quantitative estimate of drug-likeness (QED) is 0.769. The lowest BCUT2D eigenvalue weighted by Gasteiger charge is -2.14. The van der Waals surface area contributed by atoms with Crippen LogP contribution in [-0.2, 0) is 0 Å². The number of hydrogen-bond donors (Lipinski definition) is 1. The maximum Gasteiger partial charge on any atom is 0.182 e. The van der Waals surface area contributed by atoms with Crippen molar-refractivity contribution in [3.8, 4) is 0 Å². The molecule has 0 amide bonds. The summed E-state index contributed by atoms with van der Waals surface area (Å²) in [7, 11) is 0. The van der Waals surface area contributed by atoms with Crippen LogP contribution in [0.25, 0.3) is 0 Å². The topological polar surface area (TPSA) is 12.0 Å². The van der Waals surface area contributed by atoms with Crippen molar-refractivity contribution in [1.29, 1.82) is 0 Å². The highest BCUT2D eigenvalue weighted by atomic mass is 79.9. The zero-order valence-corrected chi connectivity index (χ0v) is 11.7. The van der Waals surface area contributed by atoms with Crippen molar-refractivity contribution in [3.63, 3.8) is 0 Å². The molecule has 0 saturated heterocycles. The standard InChI is InChI=1S/C12H9BrF3NS/c1-6(11-2-7(13)5-18-11)17-10-4-8(14)3-9(15)12(10)16/h2-6,17H,1H3. The molecule has 1 aromatic heterocycles. The molecule has 0 aliphatic rings. The minimum atomic E-state index is -1.20. The first kappa shape index (κ1) is 13.4. The fourth-order valence-electron chi connectivity index (χ4n) is 1.52. The van der Waals surface area contributed by atoms with Gasteiger partial charge in [-0.25, -0.2) is 13.2 Å². The van der Waals surface area contributed by atoms with E-state index in [4.69, 9.17) is 0 Å². The number of rotatable bonds is 3. The molecule has 2 aromatic rings. The Morgan fingerprint density at radius 1 is 1.22 bits per heavy atom. The Bertz CT molecular complexity index is 570. The van der Waals surface area contributed by atoms with Gasteiger partial charge in [-0.1, -0.05) is 0 Å². The van der Waals surface area contributed by atoms with Gasteiger partial charge in [-0.3, -0.25) is 0 Å². The zero-order valence-electron chi connectivity index (χ0n) is 9.31. The Morgan fingerprint density at radius 2 is 1.94 bits per heavy atom. The lowest BCUT2D eigenvalue weighted by Crippen LogP contribution is -2.07. The van der Waals surface area contributed by atoms with Gasteiger partial charge in [0.2, 0.25) is 0 Å². The number of thiophene rings is 1. The van der Waals surface area contributed by atoms with Gasteiger partial charge in [-0.15, -0.1) is 11.3 Å². The highest BCUT2D eigenvalue weighted by Crippen LogP contribution is 2.29. The normalized spacial score (nSPS) is 12.5. The van der Waals surface area contributed by atoms with Crippen molar-refractivity contribution in [3.05, 3.63) is 50.4 Å². The van der Waals surface area contributed by atoms with Crippen molar-refractivity contribution in [2.45, 2.75) is 13.0 Å². The van der Waals surface area contributed by atoms with E-state index in [2.05, 4.69) is 21.2 Å². The Labute approximate surface area is 115 Å². The summed E-state index contributed by atoms with van der Waals surface area (Å²) in [5, 5.41) is 4.64. The van der Waals surface area contributed by atoms with Gasteiger partial charge in [0.25, 0.3) is 0 Å². The molecule has 0 bridgehead atoms. The molecule has 18 heavy (non-hydrogen) atoms. The third kappa shape index (κ3) is 2.87. The molecule has 1 nitrogen and oxygen atoms in total. The predicted octanol–water partition coefficient (Wildman–Crippen LogP) is 5.10. The molecule has 0 fully saturated rings. The zero-order chi connectivity index (χ0) is 13.3. The summed E-state index contributed by atoms with van der Waals surface area (Å²) in [6.45, 7) is 1.79. The first-order valence-corrected chi connectivity index (χ1v) is 6.79. The molecule has 0 aliphatic heterocycles. The van der Waals surface area contributed by atoms with Crippen LogP contribution in [0.2, 0.25) is 0 Å². The molecule has 1 atom stereocenters. The third-order valence-electron chi connectivity index (χ3n) is 2.38. The summed E-state index contributed by atoms with van der Waals surface area (Å²) >= 11 is 4.78. The van der Waals surface area contributed by atoms with E-state index in [1.807, 2.05) is 11.4 Å². The minimum absolute atomic E-state index is 0.176. The highest BCUT2D eigenvalue weighted by molar-refractivity contribution is 9.10. The van der Waals surface area contributed by atoms with Crippen LogP contribution in [0.3, 0.4) is 0 Å². The average Bonchev–Trinajstić information content (AvgIpc) is 2.72. The first-order valence-electron chi connectivity index (χ1n) is 5.12. The lowest BCUT2D eigenvalue weighted by atomic mass is 10.2. The SMILES string of the molecule is CC(Nc1cc(F)cc(F)c1F)c1cc(Br)cs1. The fraction of sp³-hybridized carbons (Fsp3) is 0.167. The molecule has 0 saturated carbocycles. The molecule has 2 rings (SSSR count). The number of hydrogen-bond acceptors (Lipinski definition) is 2.